The van der Waals surface area contributed by atoms with E-state index in [1.165, 1.54) is 31.8 Å². The lowest BCUT2D eigenvalue weighted by Gasteiger charge is -2.29. The maximum Gasteiger partial charge on any atom is 0.0469 e. The summed E-state index contributed by atoms with van der Waals surface area (Å²) in [7, 11) is -1.69. The topological polar surface area (TPSA) is 24.1 Å². The molecule has 40 heavy (non-hydrogen) atoms. The predicted molar refractivity (Wildman–Crippen MR) is 177 cm³/mol. The maximum atomic E-state index is 3.93. The monoisotopic (exact) mass is 550 g/mol. The number of para-hydroxylation sites is 4. The lowest BCUT2D eigenvalue weighted by Crippen LogP contribution is -2.28. The van der Waals surface area contributed by atoms with Crippen molar-refractivity contribution in [1.82, 2.24) is 0 Å². The van der Waals surface area contributed by atoms with E-state index in [2.05, 4.69) is 168 Å². The molecule has 1 aliphatic heterocycles. The molecular formula is C36H28N2P2. The molecule has 6 aromatic carbocycles. The molecule has 0 unspecified atom stereocenters. The molecule has 0 aromatic heterocycles. The van der Waals surface area contributed by atoms with Crippen molar-refractivity contribution in [2.75, 3.05) is 10.6 Å². The molecule has 0 fully saturated rings. The third kappa shape index (κ3) is 4.71. The minimum absolute atomic E-state index is 0.845. The molecule has 4 heteroatoms. The van der Waals surface area contributed by atoms with E-state index >= 15 is 0 Å². The average molecular weight is 551 g/mol. The highest BCUT2D eigenvalue weighted by Gasteiger charge is 2.27. The van der Waals surface area contributed by atoms with Crippen LogP contribution in [0.3, 0.4) is 0 Å². The Morgan fingerprint density at radius 2 is 0.525 bits per heavy atom. The highest BCUT2D eigenvalue weighted by molar-refractivity contribution is 7.81. The average Bonchev–Trinajstić information content (AvgIpc) is 3.01. The fourth-order valence-corrected chi connectivity index (χ4v) is 10.4. The number of hydrogen-bond donors (Lipinski definition) is 2. The van der Waals surface area contributed by atoms with Gasteiger partial charge in [-0.25, -0.2) is 0 Å². The molecular weight excluding hydrogens is 522 g/mol. The van der Waals surface area contributed by atoms with Gasteiger partial charge in [0, 0.05) is 44.0 Å². The van der Waals surface area contributed by atoms with Crippen molar-refractivity contribution in [2.24, 2.45) is 0 Å². The molecule has 0 spiro atoms. The molecule has 0 amide bonds. The first kappa shape index (κ1) is 24.8. The van der Waals surface area contributed by atoms with E-state index in [1.54, 1.807) is 0 Å². The van der Waals surface area contributed by atoms with Crippen LogP contribution in [0.1, 0.15) is 0 Å². The number of anilines is 4. The summed E-state index contributed by atoms with van der Waals surface area (Å²) in [6.07, 6.45) is 0. The SMILES string of the molecule is c1ccc(P2c3ccccc3Nc3ccccc3P(c3ccccc3)c3ccccc3Nc3ccccc32)cc1. The van der Waals surface area contributed by atoms with Gasteiger partial charge in [-0.3, -0.25) is 0 Å². The van der Waals surface area contributed by atoms with Gasteiger partial charge in [-0.15, -0.1) is 0 Å². The first-order chi connectivity index (χ1) is 19.9. The van der Waals surface area contributed by atoms with Crippen LogP contribution in [-0.4, -0.2) is 0 Å². The van der Waals surface area contributed by atoms with Crippen molar-refractivity contribution in [3.63, 3.8) is 0 Å². The molecule has 2 nitrogen and oxygen atoms in total. The van der Waals surface area contributed by atoms with Crippen LogP contribution in [0.4, 0.5) is 22.7 Å². The summed E-state index contributed by atoms with van der Waals surface area (Å²) in [5.74, 6) is 0. The van der Waals surface area contributed by atoms with Crippen LogP contribution in [0.25, 0.3) is 0 Å². The van der Waals surface area contributed by atoms with Crippen LogP contribution in [0.2, 0.25) is 0 Å². The first-order valence-corrected chi connectivity index (χ1v) is 16.2. The van der Waals surface area contributed by atoms with E-state index in [9.17, 15) is 0 Å². The van der Waals surface area contributed by atoms with Crippen LogP contribution in [0.15, 0.2) is 158 Å². The lowest BCUT2D eigenvalue weighted by atomic mass is 10.2. The molecule has 1 heterocycles. The second-order valence-corrected chi connectivity index (χ2v) is 14.0. The Balaban J connectivity index is 1.54. The predicted octanol–water partition coefficient (Wildman–Crippen LogP) is 7.00. The minimum Gasteiger partial charge on any atom is -0.354 e. The van der Waals surface area contributed by atoms with Crippen LogP contribution >= 0.6 is 15.8 Å². The molecule has 0 aliphatic carbocycles. The summed E-state index contributed by atoms with van der Waals surface area (Å²) in [6, 6.07) is 57.1. The number of rotatable bonds is 2. The van der Waals surface area contributed by atoms with Gasteiger partial charge in [0.05, 0.1) is 0 Å². The summed E-state index contributed by atoms with van der Waals surface area (Å²) in [5, 5.41) is 15.8. The minimum atomic E-state index is -0.845. The van der Waals surface area contributed by atoms with Crippen LogP contribution in [0.5, 0.6) is 0 Å². The Bertz CT molecular complexity index is 1550. The fraction of sp³-hybridized carbons (Fsp3) is 0. The normalized spacial score (nSPS) is 15.9. The fourth-order valence-electron chi connectivity index (χ4n) is 5.36. The highest BCUT2D eigenvalue weighted by atomic mass is 31.1. The van der Waals surface area contributed by atoms with Crippen molar-refractivity contribution in [3.8, 4) is 0 Å². The molecule has 6 aromatic rings. The molecule has 192 valence electrons. The zero-order valence-corrected chi connectivity index (χ0v) is 23.7. The molecule has 0 saturated heterocycles. The van der Waals surface area contributed by atoms with E-state index in [4.69, 9.17) is 0 Å². The molecule has 1 aliphatic rings. The van der Waals surface area contributed by atoms with Gasteiger partial charge in [0.1, 0.15) is 0 Å². The van der Waals surface area contributed by atoms with Gasteiger partial charge in [-0.1, -0.05) is 133 Å². The number of hydrogen-bond acceptors (Lipinski definition) is 2. The summed E-state index contributed by atoms with van der Waals surface area (Å²) in [6.45, 7) is 0. The van der Waals surface area contributed by atoms with E-state index in [0.29, 0.717) is 0 Å². The quantitative estimate of drug-likeness (QED) is 0.227. The van der Waals surface area contributed by atoms with E-state index in [0.717, 1.165) is 22.7 Å². The van der Waals surface area contributed by atoms with Crippen molar-refractivity contribution >= 4 is 70.4 Å². The van der Waals surface area contributed by atoms with Gasteiger partial charge in [0.15, 0.2) is 0 Å². The van der Waals surface area contributed by atoms with Crippen molar-refractivity contribution in [3.05, 3.63) is 158 Å². The van der Waals surface area contributed by atoms with E-state index in [-0.39, 0.29) is 0 Å². The summed E-state index contributed by atoms with van der Waals surface area (Å²) in [4.78, 5) is 0. The highest BCUT2D eigenvalue weighted by Crippen LogP contribution is 2.43. The third-order valence-electron chi connectivity index (χ3n) is 7.15. The van der Waals surface area contributed by atoms with Crippen LogP contribution < -0.4 is 42.5 Å². The third-order valence-corrected chi connectivity index (χ3v) is 12.3. The molecule has 0 atom stereocenters. The molecule has 7 rings (SSSR count). The van der Waals surface area contributed by atoms with Crippen LogP contribution in [0, 0.1) is 0 Å². The molecule has 0 bridgehead atoms. The Hall–Kier alpha value is -4.22. The Morgan fingerprint density at radius 1 is 0.275 bits per heavy atom. The summed E-state index contributed by atoms with van der Waals surface area (Å²) >= 11 is 0. The second kappa shape index (κ2) is 11.1. The summed E-state index contributed by atoms with van der Waals surface area (Å²) < 4.78 is 0. The standard InChI is InChI=1S/C36H28N2P2/c1-3-15-27(16-4-1)39-33-23-11-7-19-29(33)37-31-21-9-13-25-35(31)40(28-17-5-2-6-18-28)36-26-14-10-22-32(36)38-30-20-8-12-24-34(30)39/h1-26,37-38H. The van der Waals surface area contributed by atoms with Crippen molar-refractivity contribution in [1.29, 1.82) is 0 Å². The van der Waals surface area contributed by atoms with Gasteiger partial charge in [0.2, 0.25) is 0 Å². The van der Waals surface area contributed by atoms with E-state index in [1.807, 2.05) is 0 Å². The number of benzene rings is 6. The van der Waals surface area contributed by atoms with Gasteiger partial charge in [-0.05, 0) is 50.7 Å². The summed E-state index contributed by atoms with van der Waals surface area (Å²) in [5.41, 5.74) is 4.60. The lowest BCUT2D eigenvalue weighted by molar-refractivity contribution is 1.58. The molecule has 0 radical (unpaired) electrons. The van der Waals surface area contributed by atoms with Gasteiger partial charge >= 0.3 is 0 Å². The molecule has 2 N–H and O–H groups in total. The van der Waals surface area contributed by atoms with E-state index < -0.39 is 15.8 Å². The van der Waals surface area contributed by atoms with Crippen LogP contribution in [-0.2, 0) is 0 Å². The zero-order chi connectivity index (χ0) is 26.7. The number of fused-ring (bicyclic) bond motifs is 4. The van der Waals surface area contributed by atoms with Gasteiger partial charge in [0.25, 0.3) is 0 Å². The number of nitrogens with one attached hydrogen (secondary N) is 2. The Kier molecular flexibility index (Phi) is 6.88. The van der Waals surface area contributed by atoms with Crippen molar-refractivity contribution in [2.45, 2.75) is 0 Å². The smallest absolute Gasteiger partial charge is 0.0469 e. The Morgan fingerprint density at radius 3 is 0.825 bits per heavy atom. The second-order valence-electron chi connectivity index (χ2n) is 9.66. The van der Waals surface area contributed by atoms with Gasteiger partial charge < -0.3 is 10.6 Å². The zero-order valence-electron chi connectivity index (χ0n) is 21.9. The Labute approximate surface area is 238 Å². The maximum absolute atomic E-state index is 3.93. The van der Waals surface area contributed by atoms with Gasteiger partial charge in [-0.2, -0.15) is 0 Å². The van der Waals surface area contributed by atoms with Crippen molar-refractivity contribution < 1.29 is 0 Å². The molecule has 0 saturated carbocycles. The largest absolute Gasteiger partial charge is 0.354 e. The first-order valence-electron chi connectivity index (χ1n) is 13.5.